The minimum absolute atomic E-state index is 0.00942. The smallest absolute Gasteiger partial charge is 0.369 e. The Balaban J connectivity index is 1.42. The van der Waals surface area contributed by atoms with Crippen LogP contribution in [0.1, 0.15) is 39.2 Å². The van der Waals surface area contributed by atoms with Crippen molar-refractivity contribution in [2.24, 2.45) is 0 Å². The molecule has 0 saturated carbocycles. The number of hydrogen-bond acceptors (Lipinski definition) is 7. The van der Waals surface area contributed by atoms with Crippen LogP contribution < -0.4 is 20.9 Å². The van der Waals surface area contributed by atoms with E-state index >= 15 is 0 Å². The number of aromatic nitrogens is 1. The summed E-state index contributed by atoms with van der Waals surface area (Å²) < 4.78 is 101. The summed E-state index contributed by atoms with van der Waals surface area (Å²) >= 11 is 6.58. The number of thiophene rings is 1. The molecule has 0 saturated heterocycles. The quantitative estimate of drug-likeness (QED) is 0.133. The summed E-state index contributed by atoms with van der Waals surface area (Å²) in [6, 6.07) is 6.95. The molecule has 41 heavy (non-hydrogen) atoms. The molecule has 4 N–H and O–H groups in total. The summed E-state index contributed by atoms with van der Waals surface area (Å²) in [5.41, 5.74) is 0.107. The first-order chi connectivity index (χ1) is 19.1. The Bertz CT molecular complexity index is 1500. The number of pyridine rings is 1. The molecule has 3 rings (SSSR count). The van der Waals surface area contributed by atoms with Gasteiger partial charge in [-0.05, 0) is 48.9 Å². The number of nitrogens with one attached hydrogen (secondary N) is 4. The lowest BCUT2D eigenvalue weighted by molar-refractivity contribution is -0.138. The van der Waals surface area contributed by atoms with Crippen LogP contribution in [0.25, 0.3) is 0 Å². The van der Waals surface area contributed by atoms with Gasteiger partial charge in [-0.3, -0.25) is 15.0 Å². The van der Waals surface area contributed by atoms with Gasteiger partial charge in [0.1, 0.15) is 10.0 Å². The predicted octanol–water partition coefficient (Wildman–Crippen LogP) is 4.97. The van der Waals surface area contributed by atoms with Crippen molar-refractivity contribution >= 4 is 50.6 Å². The van der Waals surface area contributed by atoms with Gasteiger partial charge in [0.2, 0.25) is 5.91 Å². The number of nitrogens with zero attached hydrogens (tertiary/aromatic N) is 1. The van der Waals surface area contributed by atoms with Crippen LogP contribution in [-0.2, 0) is 33.7 Å². The van der Waals surface area contributed by atoms with E-state index in [1.807, 2.05) is 10.3 Å². The number of rotatable bonds is 11. The molecule has 222 valence electrons. The summed E-state index contributed by atoms with van der Waals surface area (Å²) in [7, 11) is -4.16. The lowest BCUT2D eigenvalue weighted by Gasteiger charge is -2.11. The SMILES string of the molecule is O=C(CCCNc1ncc(C(F)(F)F)cc1Cl)NNS(=O)(=O)c1ccc(CNC(=O)c2ccc(C(F)(F)F)cc2)s1. The van der Waals surface area contributed by atoms with E-state index in [2.05, 4.69) is 15.6 Å². The van der Waals surface area contributed by atoms with Crippen LogP contribution in [0.3, 0.4) is 0 Å². The highest BCUT2D eigenvalue weighted by Crippen LogP contribution is 2.32. The molecule has 0 aliphatic rings. The zero-order valence-corrected chi connectivity index (χ0v) is 22.9. The molecule has 0 unspecified atom stereocenters. The zero-order valence-electron chi connectivity index (χ0n) is 20.5. The Kier molecular flexibility index (Phi) is 10.2. The number of alkyl halides is 6. The number of anilines is 1. The molecular weight excluding hydrogens is 624 g/mol. The van der Waals surface area contributed by atoms with Gasteiger partial charge in [0, 0.05) is 29.6 Å². The van der Waals surface area contributed by atoms with Crippen LogP contribution in [0.4, 0.5) is 32.2 Å². The summed E-state index contributed by atoms with van der Waals surface area (Å²) in [6.07, 6.45) is -8.52. The van der Waals surface area contributed by atoms with Gasteiger partial charge in [0.05, 0.1) is 22.7 Å². The lowest BCUT2D eigenvalue weighted by Crippen LogP contribution is -2.41. The van der Waals surface area contributed by atoms with Gasteiger partial charge in [0.25, 0.3) is 15.9 Å². The molecule has 2 amide bonds. The molecule has 0 aliphatic heterocycles. The number of sulfonamides is 1. The standard InChI is InChI=1S/C23H20ClF6N5O4S2/c24-17-10-15(23(28,29)30)11-32-20(17)31-9-1-2-18(36)34-35-41(38,39)19-8-7-16(40-19)12-33-21(37)13-3-5-14(6-4-13)22(25,26)27/h3-8,10-11,35H,1-2,9,12H2,(H,31,32)(H,33,37)(H,34,36). The van der Waals surface area contributed by atoms with E-state index in [9.17, 15) is 44.3 Å². The van der Waals surface area contributed by atoms with Crippen LogP contribution >= 0.6 is 22.9 Å². The first kappa shape index (κ1) is 32.1. The molecule has 0 fully saturated rings. The predicted molar refractivity (Wildman–Crippen MR) is 137 cm³/mol. The van der Waals surface area contributed by atoms with Crippen LogP contribution in [-0.4, -0.2) is 31.8 Å². The van der Waals surface area contributed by atoms with Crippen molar-refractivity contribution in [1.82, 2.24) is 20.6 Å². The van der Waals surface area contributed by atoms with Gasteiger partial charge < -0.3 is 10.6 Å². The highest BCUT2D eigenvalue weighted by atomic mass is 35.5. The van der Waals surface area contributed by atoms with Crippen molar-refractivity contribution in [3.63, 3.8) is 0 Å². The van der Waals surface area contributed by atoms with E-state index in [1.54, 1.807) is 0 Å². The Hall–Kier alpha value is -3.41. The number of carbonyl (C=O) groups excluding carboxylic acids is 2. The van der Waals surface area contributed by atoms with Crippen molar-refractivity contribution < 1.29 is 44.3 Å². The van der Waals surface area contributed by atoms with Gasteiger partial charge in [-0.25, -0.2) is 13.4 Å². The molecule has 18 heteroatoms. The number of benzene rings is 1. The van der Waals surface area contributed by atoms with Crippen molar-refractivity contribution in [3.05, 3.63) is 75.3 Å². The molecule has 0 atom stereocenters. The summed E-state index contributed by atoms with van der Waals surface area (Å²) in [5, 5.41) is 4.90. The third kappa shape index (κ3) is 9.31. The zero-order chi connectivity index (χ0) is 30.4. The fourth-order valence-electron chi connectivity index (χ4n) is 3.09. The van der Waals surface area contributed by atoms with Crippen molar-refractivity contribution in [3.8, 4) is 0 Å². The molecule has 1 aromatic carbocycles. The summed E-state index contributed by atoms with van der Waals surface area (Å²) in [4.78, 5) is 30.1. The van der Waals surface area contributed by atoms with Gasteiger partial charge in [-0.2, -0.15) is 26.3 Å². The summed E-state index contributed by atoms with van der Waals surface area (Å²) in [6.45, 7) is 0.00192. The fraction of sp³-hybridized carbons (Fsp3) is 0.261. The lowest BCUT2D eigenvalue weighted by atomic mass is 10.1. The minimum atomic E-state index is -4.60. The number of amides is 2. The second kappa shape index (κ2) is 13.1. The first-order valence-corrected chi connectivity index (χ1v) is 14.1. The molecular formula is C23H20ClF6N5O4S2. The molecule has 0 bridgehead atoms. The maximum absolute atomic E-state index is 12.7. The number of hydrazine groups is 1. The summed E-state index contributed by atoms with van der Waals surface area (Å²) in [5.74, 6) is -1.36. The molecule has 2 heterocycles. The number of carbonyl (C=O) groups is 2. The number of hydrogen-bond donors (Lipinski definition) is 4. The number of halogens is 7. The highest BCUT2D eigenvalue weighted by molar-refractivity contribution is 7.91. The van der Waals surface area contributed by atoms with Crippen LogP contribution in [0.15, 0.2) is 52.9 Å². The van der Waals surface area contributed by atoms with Gasteiger partial charge in [0.15, 0.2) is 0 Å². The molecule has 0 aliphatic carbocycles. The molecule has 2 aromatic heterocycles. The Labute approximate surface area is 238 Å². The topological polar surface area (TPSA) is 129 Å². The average molecular weight is 644 g/mol. The maximum Gasteiger partial charge on any atom is 0.417 e. The van der Waals surface area contributed by atoms with E-state index in [0.717, 1.165) is 35.6 Å². The van der Waals surface area contributed by atoms with E-state index in [-0.39, 0.29) is 46.5 Å². The molecule has 9 nitrogen and oxygen atoms in total. The van der Waals surface area contributed by atoms with Gasteiger partial charge in [-0.1, -0.05) is 11.6 Å². The van der Waals surface area contributed by atoms with Crippen molar-refractivity contribution in [2.75, 3.05) is 11.9 Å². The minimum Gasteiger partial charge on any atom is -0.369 e. The van der Waals surface area contributed by atoms with E-state index in [0.29, 0.717) is 17.1 Å². The molecule has 0 radical (unpaired) electrons. The van der Waals surface area contributed by atoms with Gasteiger partial charge in [-0.15, -0.1) is 16.2 Å². The maximum atomic E-state index is 12.7. The Morgan fingerprint density at radius 3 is 2.22 bits per heavy atom. The average Bonchev–Trinajstić information content (AvgIpc) is 3.38. The van der Waals surface area contributed by atoms with E-state index in [1.165, 1.54) is 12.1 Å². The van der Waals surface area contributed by atoms with E-state index in [4.69, 9.17) is 11.6 Å². The third-order valence-corrected chi connectivity index (χ3v) is 8.28. The Morgan fingerprint density at radius 1 is 0.951 bits per heavy atom. The third-order valence-electron chi connectivity index (χ3n) is 5.17. The molecule has 3 aromatic rings. The monoisotopic (exact) mass is 643 g/mol. The van der Waals surface area contributed by atoms with Crippen LogP contribution in [0.2, 0.25) is 5.02 Å². The highest BCUT2D eigenvalue weighted by Gasteiger charge is 2.32. The second-order valence-corrected chi connectivity index (χ2v) is 11.7. The molecule has 0 spiro atoms. The second-order valence-electron chi connectivity index (χ2n) is 8.21. The van der Waals surface area contributed by atoms with Gasteiger partial charge >= 0.3 is 12.4 Å². The van der Waals surface area contributed by atoms with Crippen LogP contribution in [0, 0.1) is 0 Å². The first-order valence-electron chi connectivity index (χ1n) is 11.4. The fourth-order valence-corrected chi connectivity index (χ4v) is 5.48. The Morgan fingerprint density at radius 2 is 1.61 bits per heavy atom. The van der Waals surface area contributed by atoms with Crippen molar-refractivity contribution in [2.45, 2.75) is 35.9 Å². The van der Waals surface area contributed by atoms with Crippen molar-refractivity contribution in [1.29, 1.82) is 0 Å². The normalized spacial score (nSPS) is 12.2. The van der Waals surface area contributed by atoms with E-state index < -0.39 is 45.3 Å². The largest absolute Gasteiger partial charge is 0.417 e. The van der Waals surface area contributed by atoms with Crippen LogP contribution in [0.5, 0.6) is 0 Å².